The van der Waals surface area contributed by atoms with Crippen LogP contribution in [0.2, 0.25) is 5.02 Å². The fourth-order valence-electron chi connectivity index (χ4n) is 4.44. The van der Waals surface area contributed by atoms with Gasteiger partial charge in [0.1, 0.15) is 0 Å². The lowest BCUT2D eigenvalue weighted by Crippen LogP contribution is -2.28. The minimum Gasteiger partial charge on any atom is -0.0831 e. The van der Waals surface area contributed by atoms with E-state index in [2.05, 4.69) is 107 Å². The van der Waals surface area contributed by atoms with Crippen molar-refractivity contribution in [3.05, 3.63) is 129 Å². The van der Waals surface area contributed by atoms with Gasteiger partial charge in [-0.2, -0.15) is 0 Å². The van der Waals surface area contributed by atoms with E-state index in [4.69, 9.17) is 11.6 Å². The predicted molar refractivity (Wildman–Crippen MR) is 116 cm³/mol. The van der Waals surface area contributed by atoms with Gasteiger partial charge in [-0.15, -0.1) is 0 Å². The van der Waals surface area contributed by atoms with E-state index in [0.29, 0.717) is 0 Å². The van der Waals surface area contributed by atoms with Gasteiger partial charge in [-0.3, -0.25) is 0 Å². The van der Waals surface area contributed by atoms with Crippen molar-refractivity contribution < 1.29 is 0 Å². The molecule has 0 aliphatic heterocycles. The van der Waals surface area contributed by atoms with Gasteiger partial charge < -0.3 is 0 Å². The Labute approximate surface area is 172 Å². The molecule has 1 aliphatic carbocycles. The second-order valence-corrected chi connectivity index (χ2v) is 8.10. The van der Waals surface area contributed by atoms with Crippen molar-refractivity contribution in [2.45, 2.75) is 5.41 Å². The average molecular weight is 432 g/mol. The Kier molecular flexibility index (Phi) is 3.96. The van der Waals surface area contributed by atoms with Crippen LogP contribution in [0.3, 0.4) is 0 Å². The molecule has 1 aliphatic rings. The summed E-state index contributed by atoms with van der Waals surface area (Å²) in [5.74, 6) is 0. The first kappa shape index (κ1) is 16.8. The molecule has 0 saturated heterocycles. The Bertz CT molecular complexity index is 1100. The molecule has 0 atom stereocenters. The first-order valence-corrected chi connectivity index (χ1v) is 10.1. The summed E-state index contributed by atoms with van der Waals surface area (Å²) in [6.07, 6.45) is 0. The number of fused-ring (bicyclic) bond motifs is 3. The third kappa shape index (κ3) is 2.35. The summed E-state index contributed by atoms with van der Waals surface area (Å²) in [4.78, 5) is 0. The molecule has 0 radical (unpaired) electrons. The zero-order valence-corrected chi connectivity index (χ0v) is 16.8. The Balaban J connectivity index is 1.97. The Morgan fingerprint density at radius 3 is 1.74 bits per heavy atom. The summed E-state index contributed by atoms with van der Waals surface area (Å²) in [5.41, 5.74) is 7.23. The maximum atomic E-state index is 6.55. The summed E-state index contributed by atoms with van der Waals surface area (Å²) in [7, 11) is 0. The van der Waals surface area contributed by atoms with E-state index in [0.717, 1.165) is 9.50 Å². The van der Waals surface area contributed by atoms with Gasteiger partial charge in [0.05, 0.1) is 10.4 Å². The number of hydrogen-bond acceptors (Lipinski definition) is 0. The fraction of sp³-hybridized carbons (Fsp3) is 0.0400. The van der Waals surface area contributed by atoms with Crippen LogP contribution in [0.15, 0.2) is 102 Å². The van der Waals surface area contributed by atoms with Crippen LogP contribution < -0.4 is 0 Å². The summed E-state index contributed by atoms with van der Waals surface area (Å²) >= 11 is 10.1. The first-order valence-electron chi connectivity index (χ1n) is 8.93. The predicted octanol–water partition coefficient (Wildman–Crippen LogP) is 7.47. The third-order valence-electron chi connectivity index (χ3n) is 5.51. The van der Waals surface area contributed by atoms with E-state index in [1.807, 2.05) is 6.07 Å². The monoisotopic (exact) mass is 430 g/mol. The smallest absolute Gasteiger partial charge is 0.0714 e. The van der Waals surface area contributed by atoms with Gasteiger partial charge in [-0.25, -0.2) is 0 Å². The number of benzene rings is 4. The molecule has 0 amide bonds. The van der Waals surface area contributed by atoms with Crippen LogP contribution in [-0.2, 0) is 5.41 Å². The molecular weight excluding hydrogens is 416 g/mol. The van der Waals surface area contributed by atoms with Crippen LogP contribution in [0.5, 0.6) is 0 Å². The summed E-state index contributed by atoms with van der Waals surface area (Å²) in [5, 5.41) is 0.727. The molecule has 0 spiro atoms. The molecule has 2 heteroatoms. The quantitative estimate of drug-likeness (QED) is 0.272. The summed E-state index contributed by atoms with van der Waals surface area (Å²) in [6.45, 7) is 0. The normalized spacial score (nSPS) is 13.9. The number of halogens is 2. The van der Waals surface area contributed by atoms with E-state index in [1.54, 1.807) is 0 Å². The minimum atomic E-state index is -0.376. The summed E-state index contributed by atoms with van der Waals surface area (Å²) < 4.78 is 0.913. The van der Waals surface area contributed by atoms with E-state index >= 15 is 0 Å². The summed E-state index contributed by atoms with van der Waals surface area (Å²) in [6, 6.07) is 34.5. The van der Waals surface area contributed by atoms with Gasteiger partial charge in [-0.05, 0) is 61.4 Å². The van der Waals surface area contributed by atoms with Crippen molar-refractivity contribution in [3.8, 4) is 11.1 Å². The van der Waals surface area contributed by atoms with Crippen molar-refractivity contribution >= 4 is 27.5 Å². The zero-order chi connectivity index (χ0) is 18.4. The van der Waals surface area contributed by atoms with Gasteiger partial charge in [0, 0.05) is 4.47 Å². The number of rotatable bonds is 2. The minimum absolute atomic E-state index is 0.376. The molecule has 4 aromatic carbocycles. The average Bonchev–Trinajstić information content (AvgIpc) is 3.02. The lowest BCUT2D eigenvalue weighted by molar-refractivity contribution is 0.768. The highest BCUT2D eigenvalue weighted by Gasteiger charge is 2.45. The van der Waals surface area contributed by atoms with Crippen LogP contribution in [0, 0.1) is 0 Å². The lowest BCUT2D eigenvalue weighted by Gasteiger charge is -2.34. The SMILES string of the molecule is Clc1cc(C2(c3ccccc3)c3ccccc3-c3ccccc32)ccc1Br. The van der Waals surface area contributed by atoms with Crippen molar-refractivity contribution in [2.75, 3.05) is 0 Å². The van der Waals surface area contributed by atoms with Crippen molar-refractivity contribution in [1.29, 1.82) is 0 Å². The standard InChI is InChI=1S/C25H16BrCl/c26-23-15-14-18(16-24(23)27)25(17-8-2-1-3-9-17)21-12-6-4-10-19(21)20-11-5-7-13-22(20)25/h1-16H. The molecule has 0 nitrogen and oxygen atoms in total. The van der Waals surface area contributed by atoms with Gasteiger partial charge in [0.15, 0.2) is 0 Å². The molecule has 0 bridgehead atoms. The molecule has 0 unspecified atom stereocenters. The van der Waals surface area contributed by atoms with Crippen LogP contribution in [0.25, 0.3) is 11.1 Å². The number of hydrogen-bond donors (Lipinski definition) is 0. The highest BCUT2D eigenvalue weighted by atomic mass is 79.9. The van der Waals surface area contributed by atoms with Crippen LogP contribution in [0.1, 0.15) is 22.3 Å². The second-order valence-electron chi connectivity index (χ2n) is 6.84. The molecular formula is C25H16BrCl. The highest BCUT2D eigenvalue weighted by Crippen LogP contribution is 2.56. The maximum Gasteiger partial charge on any atom is 0.0714 e. The molecule has 0 saturated carbocycles. The molecule has 0 fully saturated rings. The molecule has 4 aromatic rings. The lowest BCUT2D eigenvalue weighted by atomic mass is 9.68. The Morgan fingerprint density at radius 1 is 0.593 bits per heavy atom. The Hall–Kier alpha value is -2.35. The van der Waals surface area contributed by atoms with Gasteiger partial charge in [-0.1, -0.05) is 96.5 Å². The van der Waals surface area contributed by atoms with Crippen molar-refractivity contribution in [2.24, 2.45) is 0 Å². The van der Waals surface area contributed by atoms with Gasteiger partial charge >= 0.3 is 0 Å². The molecule has 0 heterocycles. The van der Waals surface area contributed by atoms with Crippen molar-refractivity contribution in [1.82, 2.24) is 0 Å². The molecule has 27 heavy (non-hydrogen) atoms. The molecule has 0 aromatic heterocycles. The van der Waals surface area contributed by atoms with Crippen molar-refractivity contribution in [3.63, 3.8) is 0 Å². The van der Waals surface area contributed by atoms with E-state index in [1.165, 1.54) is 33.4 Å². The van der Waals surface area contributed by atoms with Gasteiger partial charge in [0.2, 0.25) is 0 Å². The third-order valence-corrected chi connectivity index (χ3v) is 6.74. The van der Waals surface area contributed by atoms with Crippen LogP contribution in [-0.4, -0.2) is 0 Å². The zero-order valence-electron chi connectivity index (χ0n) is 14.5. The van der Waals surface area contributed by atoms with Gasteiger partial charge in [0.25, 0.3) is 0 Å². The second kappa shape index (κ2) is 6.37. The first-order chi connectivity index (χ1) is 13.2. The topological polar surface area (TPSA) is 0 Å². The Morgan fingerprint density at radius 2 is 1.15 bits per heavy atom. The molecule has 5 rings (SSSR count). The van der Waals surface area contributed by atoms with E-state index in [-0.39, 0.29) is 5.41 Å². The van der Waals surface area contributed by atoms with Crippen LogP contribution in [0.4, 0.5) is 0 Å². The maximum absolute atomic E-state index is 6.55. The largest absolute Gasteiger partial charge is 0.0831 e. The molecule has 130 valence electrons. The highest BCUT2D eigenvalue weighted by molar-refractivity contribution is 9.10. The fourth-order valence-corrected chi connectivity index (χ4v) is 4.87. The van der Waals surface area contributed by atoms with E-state index < -0.39 is 0 Å². The molecule has 0 N–H and O–H groups in total. The van der Waals surface area contributed by atoms with E-state index in [9.17, 15) is 0 Å². The van der Waals surface area contributed by atoms with Crippen LogP contribution >= 0.6 is 27.5 Å².